The van der Waals surface area contributed by atoms with Crippen LogP contribution in [0.5, 0.6) is 5.75 Å². The van der Waals surface area contributed by atoms with E-state index in [1.54, 1.807) is 42.5 Å². The molecular formula is C22H21N3O5. The van der Waals surface area contributed by atoms with Crippen LogP contribution in [0.4, 0.5) is 11.4 Å². The van der Waals surface area contributed by atoms with E-state index in [0.29, 0.717) is 22.7 Å². The number of rotatable bonds is 7. The van der Waals surface area contributed by atoms with Crippen molar-refractivity contribution < 1.29 is 23.9 Å². The molecule has 2 N–H and O–H groups in total. The van der Waals surface area contributed by atoms with Crippen LogP contribution >= 0.6 is 0 Å². The third kappa shape index (κ3) is 5.26. The quantitative estimate of drug-likeness (QED) is 0.586. The summed E-state index contributed by atoms with van der Waals surface area (Å²) in [5.41, 5.74) is 2.09. The Morgan fingerprint density at radius 3 is 2.30 bits per heavy atom. The maximum Gasteiger partial charge on any atom is 0.338 e. The third-order valence-electron chi connectivity index (χ3n) is 4.13. The van der Waals surface area contributed by atoms with Crippen LogP contribution in [0.25, 0.3) is 5.69 Å². The zero-order valence-corrected chi connectivity index (χ0v) is 16.5. The minimum Gasteiger partial charge on any atom is -0.495 e. The molecule has 3 rings (SSSR count). The zero-order chi connectivity index (χ0) is 21.5. The van der Waals surface area contributed by atoms with Gasteiger partial charge in [-0.15, -0.1) is 0 Å². The van der Waals surface area contributed by atoms with Gasteiger partial charge in [-0.2, -0.15) is 0 Å². The zero-order valence-electron chi connectivity index (χ0n) is 16.5. The number of methoxy groups -OCH3 is 1. The number of carbonyl (C=O) groups is 3. The summed E-state index contributed by atoms with van der Waals surface area (Å²) in [4.78, 5) is 35.7. The Bertz CT molecular complexity index is 1040. The minimum atomic E-state index is -0.608. The molecule has 0 unspecified atom stereocenters. The number of ether oxygens (including phenoxy) is 2. The Morgan fingerprint density at radius 2 is 1.67 bits per heavy atom. The molecule has 8 nitrogen and oxygen atoms in total. The van der Waals surface area contributed by atoms with E-state index in [0.717, 1.165) is 5.69 Å². The summed E-state index contributed by atoms with van der Waals surface area (Å²) in [6, 6.07) is 15.5. The molecule has 2 amide bonds. The molecule has 1 heterocycles. The highest BCUT2D eigenvalue weighted by molar-refractivity contribution is 5.97. The maximum absolute atomic E-state index is 12.2. The van der Waals surface area contributed by atoms with Gasteiger partial charge in [-0.25, -0.2) is 4.79 Å². The molecule has 0 aliphatic heterocycles. The summed E-state index contributed by atoms with van der Waals surface area (Å²) in [5, 5.41) is 5.24. The monoisotopic (exact) mass is 407 g/mol. The fraction of sp³-hybridized carbons (Fsp3) is 0.136. The molecule has 3 aromatic rings. The second-order valence-electron chi connectivity index (χ2n) is 6.36. The van der Waals surface area contributed by atoms with Crippen LogP contribution in [0.1, 0.15) is 17.3 Å². The molecule has 1 aromatic heterocycles. The van der Waals surface area contributed by atoms with Gasteiger partial charge in [0.2, 0.25) is 5.91 Å². The third-order valence-corrected chi connectivity index (χ3v) is 4.13. The largest absolute Gasteiger partial charge is 0.495 e. The number of anilines is 2. The highest BCUT2D eigenvalue weighted by atomic mass is 16.5. The Balaban J connectivity index is 1.59. The summed E-state index contributed by atoms with van der Waals surface area (Å²) >= 11 is 0. The van der Waals surface area contributed by atoms with Gasteiger partial charge in [-0.3, -0.25) is 9.59 Å². The first-order valence-corrected chi connectivity index (χ1v) is 9.12. The number of hydrogen-bond donors (Lipinski definition) is 2. The van der Waals surface area contributed by atoms with E-state index in [9.17, 15) is 14.4 Å². The van der Waals surface area contributed by atoms with E-state index < -0.39 is 18.5 Å². The van der Waals surface area contributed by atoms with E-state index in [-0.39, 0.29) is 5.91 Å². The number of aromatic nitrogens is 1. The first-order chi connectivity index (χ1) is 14.5. The topological polar surface area (TPSA) is 98.7 Å². The predicted octanol–water partition coefficient (Wildman–Crippen LogP) is 3.24. The van der Waals surface area contributed by atoms with Crippen molar-refractivity contribution in [3.63, 3.8) is 0 Å². The van der Waals surface area contributed by atoms with Gasteiger partial charge >= 0.3 is 5.97 Å². The molecule has 0 fully saturated rings. The van der Waals surface area contributed by atoms with E-state index >= 15 is 0 Å². The fourth-order valence-electron chi connectivity index (χ4n) is 2.76. The molecule has 154 valence electrons. The van der Waals surface area contributed by atoms with Crippen molar-refractivity contribution in [2.45, 2.75) is 6.92 Å². The Kier molecular flexibility index (Phi) is 6.49. The van der Waals surface area contributed by atoms with Crippen LogP contribution in [0.15, 0.2) is 67.0 Å². The Labute approximate surface area is 173 Å². The summed E-state index contributed by atoms with van der Waals surface area (Å²) < 4.78 is 12.2. The summed E-state index contributed by atoms with van der Waals surface area (Å²) in [6.45, 7) is 0.915. The van der Waals surface area contributed by atoms with Crippen molar-refractivity contribution in [1.29, 1.82) is 0 Å². The number of carbonyl (C=O) groups excluding carboxylic acids is 3. The number of amides is 2. The second kappa shape index (κ2) is 9.42. The average molecular weight is 407 g/mol. The van der Waals surface area contributed by atoms with Gasteiger partial charge < -0.3 is 24.7 Å². The van der Waals surface area contributed by atoms with Crippen LogP contribution in [-0.4, -0.2) is 36.1 Å². The smallest absolute Gasteiger partial charge is 0.338 e. The van der Waals surface area contributed by atoms with Gasteiger partial charge in [0, 0.05) is 30.7 Å². The van der Waals surface area contributed by atoms with Crippen LogP contribution in [-0.2, 0) is 14.3 Å². The molecule has 0 spiro atoms. The molecule has 8 heteroatoms. The number of esters is 1. The van der Waals surface area contributed by atoms with Crippen LogP contribution in [0.2, 0.25) is 0 Å². The van der Waals surface area contributed by atoms with Gasteiger partial charge in [0.15, 0.2) is 6.61 Å². The van der Waals surface area contributed by atoms with Gasteiger partial charge in [0.25, 0.3) is 5.91 Å². The minimum absolute atomic E-state index is 0.242. The molecule has 0 bridgehead atoms. The van der Waals surface area contributed by atoms with Crippen molar-refractivity contribution in [2.75, 3.05) is 24.4 Å². The van der Waals surface area contributed by atoms with Gasteiger partial charge in [-0.05, 0) is 54.6 Å². The molecule has 0 atom stereocenters. The van der Waals surface area contributed by atoms with Crippen molar-refractivity contribution in [2.24, 2.45) is 0 Å². The molecule has 0 aliphatic rings. The van der Waals surface area contributed by atoms with Crippen molar-refractivity contribution >= 4 is 29.2 Å². The molecule has 30 heavy (non-hydrogen) atoms. The lowest BCUT2D eigenvalue weighted by Gasteiger charge is -2.12. The van der Waals surface area contributed by atoms with Crippen LogP contribution < -0.4 is 15.4 Å². The van der Waals surface area contributed by atoms with E-state index in [4.69, 9.17) is 9.47 Å². The Hall–Kier alpha value is -4.07. The highest BCUT2D eigenvalue weighted by Crippen LogP contribution is 2.27. The number of nitrogens with one attached hydrogen (secondary N) is 2. The SMILES string of the molecule is COc1ccc(NC(C)=O)cc1NC(=O)COC(=O)c1ccc(-n2cccc2)cc1. The van der Waals surface area contributed by atoms with Crippen molar-refractivity contribution in [3.05, 3.63) is 72.6 Å². The maximum atomic E-state index is 12.2. The van der Waals surface area contributed by atoms with Crippen molar-refractivity contribution in [1.82, 2.24) is 4.57 Å². The molecule has 2 aromatic carbocycles. The second-order valence-corrected chi connectivity index (χ2v) is 6.36. The van der Waals surface area contributed by atoms with Crippen LogP contribution in [0, 0.1) is 0 Å². The predicted molar refractivity (Wildman–Crippen MR) is 112 cm³/mol. The molecule has 0 saturated carbocycles. The number of hydrogen-bond acceptors (Lipinski definition) is 5. The summed E-state index contributed by atoms with van der Waals surface area (Å²) in [6.07, 6.45) is 3.79. The van der Waals surface area contributed by atoms with Gasteiger partial charge in [-0.1, -0.05) is 0 Å². The number of nitrogens with zero attached hydrogens (tertiary/aromatic N) is 1. The Morgan fingerprint density at radius 1 is 0.967 bits per heavy atom. The van der Waals surface area contributed by atoms with E-state index in [1.165, 1.54) is 14.0 Å². The lowest BCUT2D eigenvalue weighted by Crippen LogP contribution is -2.21. The van der Waals surface area contributed by atoms with Crippen molar-refractivity contribution in [3.8, 4) is 11.4 Å². The normalized spacial score (nSPS) is 10.2. The lowest BCUT2D eigenvalue weighted by atomic mass is 10.2. The first kappa shape index (κ1) is 20.7. The highest BCUT2D eigenvalue weighted by Gasteiger charge is 2.13. The van der Waals surface area contributed by atoms with E-state index in [1.807, 2.05) is 29.1 Å². The standard InChI is InChI=1S/C22H21N3O5/c1-15(26)23-17-7-10-20(29-2)19(13-17)24-21(27)14-30-22(28)16-5-8-18(9-6-16)25-11-3-4-12-25/h3-13H,14H2,1-2H3,(H,23,26)(H,24,27). The summed E-state index contributed by atoms with van der Waals surface area (Å²) in [5.74, 6) is -0.979. The molecule has 0 aliphatic carbocycles. The average Bonchev–Trinajstić information content (AvgIpc) is 3.27. The molecular weight excluding hydrogens is 386 g/mol. The van der Waals surface area contributed by atoms with E-state index in [2.05, 4.69) is 10.6 Å². The molecule has 0 radical (unpaired) electrons. The summed E-state index contributed by atoms with van der Waals surface area (Å²) in [7, 11) is 1.46. The fourth-order valence-corrected chi connectivity index (χ4v) is 2.76. The van der Waals surface area contributed by atoms with Gasteiger partial charge in [0.1, 0.15) is 5.75 Å². The van der Waals surface area contributed by atoms with Crippen LogP contribution in [0.3, 0.4) is 0 Å². The van der Waals surface area contributed by atoms with Gasteiger partial charge in [0.05, 0.1) is 18.4 Å². The lowest BCUT2D eigenvalue weighted by molar-refractivity contribution is -0.119. The molecule has 0 saturated heterocycles. The first-order valence-electron chi connectivity index (χ1n) is 9.12. The number of benzene rings is 2.